The Morgan fingerprint density at radius 2 is 1.51 bits per heavy atom. The van der Waals surface area contributed by atoms with Crippen molar-refractivity contribution in [3.8, 4) is 0 Å². The lowest BCUT2D eigenvalue weighted by Gasteiger charge is -2.28. The fourth-order valence-electron chi connectivity index (χ4n) is 2.95. The van der Waals surface area contributed by atoms with Crippen LogP contribution < -0.4 is 32.3 Å². The Balaban J connectivity index is 3.29. The van der Waals surface area contributed by atoms with E-state index in [0.29, 0.717) is 0 Å². The highest BCUT2D eigenvalue weighted by Crippen LogP contribution is 2.23. The molecule has 17 heteroatoms. The summed E-state index contributed by atoms with van der Waals surface area (Å²) >= 11 is 0. The number of hydrogen-bond donors (Lipinski definition) is 9. The van der Waals surface area contributed by atoms with Crippen LogP contribution in [0.2, 0.25) is 0 Å². The van der Waals surface area contributed by atoms with Crippen LogP contribution >= 0.6 is 21.6 Å². The molecule has 5 amide bonds. The van der Waals surface area contributed by atoms with Gasteiger partial charge in [0.05, 0.1) is 18.8 Å². The molecule has 1 fully saturated rings. The van der Waals surface area contributed by atoms with E-state index in [9.17, 15) is 39.0 Å². The van der Waals surface area contributed by atoms with Gasteiger partial charge in [0.15, 0.2) is 0 Å². The van der Waals surface area contributed by atoms with Crippen LogP contribution in [-0.2, 0) is 28.8 Å². The lowest BCUT2D eigenvalue weighted by Crippen LogP contribution is -2.62. The smallest absolute Gasteiger partial charge is 0.322 e. The van der Waals surface area contributed by atoms with E-state index in [0.717, 1.165) is 21.6 Å². The third-order valence-electron chi connectivity index (χ3n) is 5.07. The highest BCUT2D eigenvalue weighted by molar-refractivity contribution is 8.76. The van der Waals surface area contributed by atoms with Crippen molar-refractivity contribution in [2.24, 2.45) is 11.7 Å². The van der Waals surface area contributed by atoms with Crippen molar-refractivity contribution in [1.29, 1.82) is 0 Å². The van der Waals surface area contributed by atoms with Crippen molar-refractivity contribution in [2.45, 2.75) is 57.1 Å². The molecule has 0 aromatic rings. The summed E-state index contributed by atoms with van der Waals surface area (Å²) in [7, 11) is 2.12. The number of carboxylic acid groups (broad SMARTS) is 1. The molecule has 0 aromatic heterocycles. The van der Waals surface area contributed by atoms with Gasteiger partial charge in [-0.3, -0.25) is 28.8 Å². The maximum atomic E-state index is 13.0. The summed E-state index contributed by atoms with van der Waals surface area (Å²) in [5.41, 5.74) is 5.85. The Morgan fingerprint density at radius 1 is 0.946 bits per heavy atom. The topological polar surface area (TPSA) is 249 Å². The number of aliphatic hydroxyl groups excluding tert-OH is 2. The molecule has 210 valence electrons. The number of hydrogen-bond acceptors (Lipinski definition) is 11. The van der Waals surface area contributed by atoms with Gasteiger partial charge in [0.25, 0.3) is 0 Å². The molecule has 37 heavy (non-hydrogen) atoms. The van der Waals surface area contributed by atoms with Crippen LogP contribution in [0.1, 0.15) is 20.8 Å². The predicted molar refractivity (Wildman–Crippen MR) is 135 cm³/mol. The van der Waals surface area contributed by atoms with Gasteiger partial charge in [0, 0.05) is 11.5 Å². The number of aliphatic carboxylic acids is 1. The van der Waals surface area contributed by atoms with Crippen LogP contribution in [-0.4, -0.2) is 112 Å². The minimum absolute atomic E-state index is 0.0264. The van der Waals surface area contributed by atoms with Gasteiger partial charge in [-0.25, -0.2) is 0 Å². The zero-order valence-corrected chi connectivity index (χ0v) is 22.2. The van der Waals surface area contributed by atoms with Crippen LogP contribution in [0.5, 0.6) is 0 Å². The first kappa shape index (κ1) is 32.4. The predicted octanol–water partition coefficient (Wildman–Crippen LogP) is -4.12. The Morgan fingerprint density at radius 3 is 2.05 bits per heavy atom. The summed E-state index contributed by atoms with van der Waals surface area (Å²) in [6, 6.07) is -6.53. The molecule has 0 aromatic carbocycles. The lowest BCUT2D eigenvalue weighted by molar-refractivity contribution is -0.139. The fraction of sp³-hybridized carbons (Fsp3) is 0.700. The second kappa shape index (κ2) is 15.6. The van der Waals surface area contributed by atoms with E-state index in [1.165, 1.54) is 6.92 Å². The number of rotatable bonds is 6. The molecule has 1 heterocycles. The van der Waals surface area contributed by atoms with Crippen molar-refractivity contribution in [2.75, 3.05) is 24.7 Å². The van der Waals surface area contributed by atoms with E-state index in [4.69, 9.17) is 10.8 Å². The summed E-state index contributed by atoms with van der Waals surface area (Å²) in [6.45, 7) is 2.96. The molecule has 0 saturated carbocycles. The summed E-state index contributed by atoms with van der Waals surface area (Å²) < 4.78 is 0. The summed E-state index contributed by atoms with van der Waals surface area (Å²) in [4.78, 5) is 74.3. The largest absolute Gasteiger partial charge is 0.480 e. The number of nitrogens with two attached hydrogens (primary N) is 1. The number of carboxylic acids is 1. The average molecular weight is 567 g/mol. The number of carbonyl (C=O) groups is 6. The van der Waals surface area contributed by atoms with Gasteiger partial charge in [0.2, 0.25) is 29.5 Å². The molecular formula is C20H34N6O9S2. The minimum Gasteiger partial charge on any atom is -0.480 e. The number of aliphatic hydroxyl groups is 2. The first-order chi connectivity index (χ1) is 17.3. The molecule has 1 rings (SSSR count). The Labute approximate surface area is 221 Å². The highest BCUT2D eigenvalue weighted by Gasteiger charge is 2.35. The van der Waals surface area contributed by atoms with Crippen molar-refractivity contribution in [3.63, 3.8) is 0 Å². The van der Waals surface area contributed by atoms with Crippen molar-refractivity contribution >= 4 is 57.1 Å². The van der Waals surface area contributed by atoms with Crippen LogP contribution in [0.15, 0.2) is 0 Å². The van der Waals surface area contributed by atoms with Crippen LogP contribution in [0, 0.1) is 5.92 Å². The van der Waals surface area contributed by atoms with Crippen molar-refractivity contribution in [3.05, 3.63) is 0 Å². The summed E-state index contributed by atoms with van der Waals surface area (Å²) in [6.07, 6.45) is -1.42. The van der Waals surface area contributed by atoms with Crippen molar-refractivity contribution < 1.29 is 44.1 Å². The summed E-state index contributed by atoms with van der Waals surface area (Å²) in [5.74, 6) is -6.06. The van der Waals surface area contributed by atoms with Gasteiger partial charge in [-0.1, -0.05) is 35.4 Å². The van der Waals surface area contributed by atoms with E-state index < -0.39 is 90.9 Å². The standard InChI is InChI=1S/C20H34N6O9S2/c1-8(2)14-19(34)26-15(9(3)28)20(35)24-12(17(32)22-4-13(29)30)7-37-36-6-10(21)16(31)23-11(5-27)18(33)25-14/h8-12,14-15,27-28H,4-7,21H2,1-3H3,(H,22,32)(H,23,31)(H,24,35)(H,25,33)(H,26,34)(H,29,30)/t9-,10+,11+,12+,14+,15+/m1/s1. The molecule has 1 saturated heterocycles. The maximum Gasteiger partial charge on any atom is 0.322 e. The van der Waals surface area contributed by atoms with Crippen LogP contribution in [0.4, 0.5) is 0 Å². The van der Waals surface area contributed by atoms with Gasteiger partial charge >= 0.3 is 5.97 Å². The van der Waals surface area contributed by atoms with E-state index in [1.54, 1.807) is 13.8 Å². The van der Waals surface area contributed by atoms with Crippen LogP contribution in [0.3, 0.4) is 0 Å². The maximum absolute atomic E-state index is 13.0. The monoisotopic (exact) mass is 566 g/mol. The fourth-order valence-corrected chi connectivity index (χ4v) is 5.24. The molecule has 0 bridgehead atoms. The summed E-state index contributed by atoms with van der Waals surface area (Å²) in [5, 5.41) is 40.2. The van der Waals surface area contributed by atoms with Gasteiger partial charge in [-0.15, -0.1) is 0 Å². The average Bonchev–Trinajstić information content (AvgIpc) is 2.82. The third-order valence-corrected chi connectivity index (χ3v) is 7.52. The Bertz CT molecular complexity index is 860. The molecule has 0 radical (unpaired) electrons. The third kappa shape index (κ3) is 10.7. The highest BCUT2D eigenvalue weighted by atomic mass is 33.1. The molecule has 15 nitrogen and oxygen atoms in total. The molecular weight excluding hydrogens is 532 g/mol. The minimum atomic E-state index is -1.53. The molecule has 0 spiro atoms. The first-order valence-corrected chi connectivity index (χ1v) is 13.8. The van der Waals surface area contributed by atoms with Gasteiger partial charge in [-0.05, 0) is 12.8 Å². The lowest BCUT2D eigenvalue weighted by atomic mass is 10.0. The van der Waals surface area contributed by atoms with Gasteiger partial charge < -0.3 is 47.6 Å². The molecule has 6 atom stereocenters. The molecule has 0 unspecified atom stereocenters. The van der Waals surface area contributed by atoms with E-state index in [2.05, 4.69) is 26.6 Å². The van der Waals surface area contributed by atoms with Crippen molar-refractivity contribution in [1.82, 2.24) is 26.6 Å². The molecule has 0 aliphatic carbocycles. The number of amides is 5. The number of carbonyl (C=O) groups excluding carboxylic acids is 5. The van der Waals surface area contributed by atoms with Crippen LogP contribution in [0.25, 0.3) is 0 Å². The molecule has 10 N–H and O–H groups in total. The zero-order valence-electron chi connectivity index (χ0n) is 20.6. The second-order valence-electron chi connectivity index (χ2n) is 8.55. The normalized spacial score (nSPS) is 27.7. The Hall–Kier alpha value is -2.60. The Kier molecular flexibility index (Phi) is 13.7. The zero-order chi connectivity index (χ0) is 28.3. The quantitative estimate of drug-likeness (QED) is 0.139. The molecule has 1 aliphatic rings. The van der Waals surface area contributed by atoms with Gasteiger partial charge in [0.1, 0.15) is 30.7 Å². The van der Waals surface area contributed by atoms with E-state index >= 15 is 0 Å². The van der Waals surface area contributed by atoms with E-state index in [-0.39, 0.29) is 11.5 Å². The molecule has 1 aliphatic heterocycles. The first-order valence-electron chi connectivity index (χ1n) is 11.3. The SMILES string of the molecule is CC(C)[C@@H]1NC(=O)[C@H](CO)NC(=O)[C@@H](N)CSSC[C@@H](C(=O)NCC(=O)O)NC(=O)[C@H]([C@@H](C)O)NC1=O. The number of nitrogens with one attached hydrogen (secondary N) is 5. The van der Waals surface area contributed by atoms with Gasteiger partial charge in [-0.2, -0.15) is 0 Å². The second-order valence-corrected chi connectivity index (χ2v) is 11.1. The van der Waals surface area contributed by atoms with E-state index in [1.807, 2.05) is 0 Å².